The van der Waals surface area contributed by atoms with Crippen molar-refractivity contribution >= 4 is 22.8 Å². The summed E-state index contributed by atoms with van der Waals surface area (Å²) in [5.74, 6) is -0.123. The first-order valence-corrected chi connectivity index (χ1v) is 9.30. The number of hydrogen-bond donors (Lipinski definition) is 1. The fourth-order valence-electron chi connectivity index (χ4n) is 3.74. The Hall–Kier alpha value is -3.73. The number of carbonyl (C=O) groups excluding carboxylic acids is 1. The number of fused-ring (bicyclic) bond motifs is 1. The van der Waals surface area contributed by atoms with Gasteiger partial charge in [-0.15, -0.1) is 0 Å². The minimum absolute atomic E-state index is 0.0668. The van der Waals surface area contributed by atoms with Crippen LogP contribution >= 0.6 is 0 Å². The van der Waals surface area contributed by atoms with Gasteiger partial charge in [0.15, 0.2) is 0 Å². The van der Waals surface area contributed by atoms with Crippen LogP contribution in [0.25, 0.3) is 11.0 Å². The average Bonchev–Trinajstić information content (AvgIpc) is 3.24. The van der Waals surface area contributed by atoms with Gasteiger partial charge in [0, 0.05) is 30.9 Å². The quantitative estimate of drug-likeness (QED) is 0.739. The highest BCUT2D eigenvalue weighted by Gasteiger charge is 2.28. The lowest BCUT2D eigenvalue weighted by Crippen LogP contribution is -2.45. The maximum absolute atomic E-state index is 13.9. The van der Waals surface area contributed by atoms with Crippen molar-refractivity contribution in [3.63, 3.8) is 0 Å². The predicted octanol–water partition coefficient (Wildman–Crippen LogP) is 3.22. The first-order valence-electron chi connectivity index (χ1n) is 9.30. The Balaban J connectivity index is 1.48. The lowest BCUT2D eigenvalue weighted by atomic mass is 10.0. The van der Waals surface area contributed by atoms with Gasteiger partial charge in [0.2, 0.25) is 0 Å². The molecule has 29 heavy (non-hydrogen) atoms. The summed E-state index contributed by atoms with van der Waals surface area (Å²) in [4.78, 5) is 28.2. The number of aromatic nitrogens is 3. The van der Waals surface area contributed by atoms with Gasteiger partial charge in [0.1, 0.15) is 29.7 Å². The summed E-state index contributed by atoms with van der Waals surface area (Å²) in [6.45, 7) is 5.02. The number of likely N-dealkylation sites (tertiary alicyclic amines) is 1. The minimum atomic E-state index is -0.676. The smallest absolute Gasteiger partial charge is 0.253 e. The molecule has 1 amide bonds. The highest BCUT2D eigenvalue weighted by Crippen LogP contribution is 2.28. The molecule has 0 saturated carbocycles. The topological polar surface area (TPSA) is 88.9 Å². The Morgan fingerprint density at radius 2 is 2.14 bits per heavy atom. The largest absolute Gasteiger partial charge is 0.346 e. The van der Waals surface area contributed by atoms with Crippen LogP contribution in [0.1, 0.15) is 28.8 Å². The van der Waals surface area contributed by atoms with E-state index in [2.05, 4.69) is 21.5 Å². The zero-order chi connectivity index (χ0) is 20.4. The maximum Gasteiger partial charge on any atom is 0.253 e. The molecule has 7 nitrogen and oxygen atoms in total. The van der Waals surface area contributed by atoms with Gasteiger partial charge in [-0.1, -0.05) is 6.58 Å². The Kier molecular flexibility index (Phi) is 4.96. The number of halogens is 1. The number of carbonyl (C=O) groups is 1. The van der Waals surface area contributed by atoms with E-state index < -0.39 is 5.82 Å². The van der Waals surface area contributed by atoms with Crippen molar-refractivity contribution in [2.24, 2.45) is 0 Å². The molecule has 1 aliphatic heterocycles. The summed E-state index contributed by atoms with van der Waals surface area (Å²) in [5, 5.41) is 9.75. The summed E-state index contributed by atoms with van der Waals surface area (Å²) in [6.07, 6.45) is 6.55. The van der Waals surface area contributed by atoms with Gasteiger partial charge >= 0.3 is 0 Å². The van der Waals surface area contributed by atoms with Crippen LogP contribution in [0.4, 0.5) is 10.2 Å². The molecule has 146 valence electrons. The molecule has 1 aromatic carbocycles. The molecule has 3 aromatic rings. The molecule has 3 heterocycles. The van der Waals surface area contributed by atoms with Crippen LogP contribution in [0, 0.1) is 17.1 Å². The highest BCUT2D eigenvalue weighted by molar-refractivity contribution is 5.94. The molecule has 2 aromatic heterocycles. The highest BCUT2D eigenvalue weighted by atomic mass is 19.1. The predicted molar refractivity (Wildman–Crippen MR) is 107 cm³/mol. The van der Waals surface area contributed by atoms with Crippen LogP contribution < -0.4 is 4.90 Å². The fraction of sp³-hybridized carbons (Fsp3) is 0.238. The van der Waals surface area contributed by atoms with Crippen LogP contribution in [0.5, 0.6) is 0 Å². The molecule has 0 radical (unpaired) electrons. The number of piperidine rings is 1. The number of anilines is 1. The van der Waals surface area contributed by atoms with Gasteiger partial charge in [-0.25, -0.2) is 14.4 Å². The van der Waals surface area contributed by atoms with Gasteiger partial charge in [0.05, 0.1) is 10.9 Å². The number of nitrogens with one attached hydrogen (secondary N) is 1. The standard InChI is InChI=1S/C21H19FN6O/c1-2-28(20-17-5-8-24-19(17)25-13-26-20)16-6-9-27(10-7-16)21(29)14-3-4-15(12-23)18(22)11-14/h2-5,8,11,13,16H,1,6-7,9-10H2,(H,24,25,26). The second kappa shape index (κ2) is 7.72. The van der Waals surface area contributed by atoms with Gasteiger partial charge in [-0.3, -0.25) is 4.79 Å². The molecule has 1 aliphatic rings. The maximum atomic E-state index is 13.9. The second-order valence-electron chi connectivity index (χ2n) is 6.86. The summed E-state index contributed by atoms with van der Waals surface area (Å²) >= 11 is 0. The molecule has 4 rings (SSSR count). The first kappa shape index (κ1) is 18.6. The number of nitrogens with zero attached hydrogens (tertiary/aromatic N) is 5. The lowest BCUT2D eigenvalue weighted by Gasteiger charge is -2.37. The van der Waals surface area contributed by atoms with Crippen molar-refractivity contribution in [1.82, 2.24) is 19.9 Å². The van der Waals surface area contributed by atoms with Gasteiger partial charge in [-0.05, 0) is 43.3 Å². The summed E-state index contributed by atoms with van der Waals surface area (Å²) in [5.41, 5.74) is 0.950. The summed E-state index contributed by atoms with van der Waals surface area (Å²) < 4.78 is 13.9. The normalized spacial score (nSPS) is 14.6. The third kappa shape index (κ3) is 3.43. The van der Waals surface area contributed by atoms with Crippen LogP contribution in [-0.4, -0.2) is 44.9 Å². The van der Waals surface area contributed by atoms with Crippen LogP contribution in [0.15, 0.2) is 49.6 Å². The zero-order valence-electron chi connectivity index (χ0n) is 15.7. The van der Waals surface area contributed by atoms with Crippen molar-refractivity contribution in [2.75, 3.05) is 18.0 Å². The minimum Gasteiger partial charge on any atom is -0.346 e. The Labute approximate surface area is 167 Å². The molecule has 1 N–H and O–H groups in total. The molecule has 1 fully saturated rings. The molecule has 0 unspecified atom stereocenters. The second-order valence-corrected chi connectivity index (χ2v) is 6.86. The van der Waals surface area contributed by atoms with E-state index in [0.717, 1.165) is 35.8 Å². The van der Waals surface area contributed by atoms with Gasteiger partial charge in [0.25, 0.3) is 5.91 Å². The van der Waals surface area contributed by atoms with Gasteiger partial charge in [-0.2, -0.15) is 5.26 Å². The third-order valence-corrected chi connectivity index (χ3v) is 5.26. The van der Waals surface area contributed by atoms with Crippen LogP contribution in [0.2, 0.25) is 0 Å². The fourth-order valence-corrected chi connectivity index (χ4v) is 3.74. The SMILES string of the molecule is C=CN(c1ncnc2[nH]ccc12)C1CCN(C(=O)c2ccc(C#N)c(F)c2)CC1. The third-order valence-electron chi connectivity index (χ3n) is 5.26. The van der Waals surface area contributed by atoms with E-state index in [0.29, 0.717) is 13.1 Å². The molecular formula is C21H19FN6O. The van der Waals surface area contributed by atoms with E-state index in [1.165, 1.54) is 18.5 Å². The number of amides is 1. The monoisotopic (exact) mass is 390 g/mol. The first-order chi connectivity index (χ1) is 14.1. The number of rotatable bonds is 4. The van der Waals surface area contributed by atoms with Crippen molar-refractivity contribution in [3.8, 4) is 6.07 Å². The van der Waals surface area contributed by atoms with Crippen molar-refractivity contribution < 1.29 is 9.18 Å². The van der Waals surface area contributed by atoms with Crippen molar-refractivity contribution in [1.29, 1.82) is 5.26 Å². The number of hydrogen-bond acceptors (Lipinski definition) is 5. The molecule has 0 atom stereocenters. The number of nitriles is 1. The zero-order valence-corrected chi connectivity index (χ0v) is 15.7. The molecular weight excluding hydrogens is 371 g/mol. The molecule has 0 spiro atoms. The Morgan fingerprint density at radius 1 is 1.34 bits per heavy atom. The Bertz CT molecular complexity index is 1110. The van der Waals surface area contributed by atoms with E-state index in [1.807, 2.05) is 17.2 Å². The van der Waals surface area contributed by atoms with E-state index in [4.69, 9.17) is 5.26 Å². The summed E-state index contributed by atoms with van der Waals surface area (Å²) in [7, 11) is 0. The molecule has 1 saturated heterocycles. The van der Waals surface area contributed by atoms with Crippen molar-refractivity contribution in [3.05, 3.63) is 66.5 Å². The lowest BCUT2D eigenvalue weighted by molar-refractivity contribution is 0.0713. The van der Waals surface area contributed by atoms with Gasteiger partial charge < -0.3 is 14.8 Å². The van der Waals surface area contributed by atoms with E-state index in [1.54, 1.807) is 17.2 Å². The molecule has 0 aliphatic carbocycles. The Morgan fingerprint density at radius 3 is 2.83 bits per heavy atom. The van der Waals surface area contributed by atoms with E-state index >= 15 is 0 Å². The van der Waals surface area contributed by atoms with Crippen LogP contribution in [-0.2, 0) is 0 Å². The number of aromatic amines is 1. The van der Waals surface area contributed by atoms with Crippen molar-refractivity contribution in [2.45, 2.75) is 18.9 Å². The number of H-pyrrole nitrogens is 1. The summed E-state index contributed by atoms with van der Waals surface area (Å²) in [6, 6.07) is 7.80. The van der Waals surface area contributed by atoms with E-state index in [9.17, 15) is 9.18 Å². The van der Waals surface area contributed by atoms with E-state index in [-0.39, 0.29) is 23.1 Å². The molecule has 8 heteroatoms. The molecule has 0 bridgehead atoms. The number of benzene rings is 1. The average molecular weight is 390 g/mol. The van der Waals surface area contributed by atoms with Crippen LogP contribution in [0.3, 0.4) is 0 Å².